The van der Waals surface area contributed by atoms with Crippen LogP contribution in [0, 0.1) is 5.92 Å². The number of amides is 2. The summed E-state index contributed by atoms with van der Waals surface area (Å²) in [5.74, 6) is 0.167. The molecule has 5 nitrogen and oxygen atoms in total. The van der Waals surface area contributed by atoms with Gasteiger partial charge in [0.15, 0.2) is 0 Å². The minimum absolute atomic E-state index is 0.303. The van der Waals surface area contributed by atoms with Gasteiger partial charge >= 0.3 is 0 Å². The van der Waals surface area contributed by atoms with E-state index in [9.17, 15) is 9.59 Å². The van der Waals surface area contributed by atoms with E-state index >= 15 is 0 Å². The number of ether oxygens (including phenoxy) is 1. The molecule has 0 aliphatic rings. The Kier molecular flexibility index (Phi) is 7.25. The molecule has 0 heterocycles. The first-order chi connectivity index (χ1) is 14.4. The highest BCUT2D eigenvalue weighted by Gasteiger charge is 2.18. The number of carbonyl (C=O) groups excluding carboxylic acids is 2. The summed E-state index contributed by atoms with van der Waals surface area (Å²) in [5.41, 5.74) is 1.86. The van der Waals surface area contributed by atoms with Crippen molar-refractivity contribution in [3.63, 3.8) is 0 Å². The Morgan fingerprint density at radius 3 is 2.27 bits per heavy atom. The van der Waals surface area contributed by atoms with Crippen molar-refractivity contribution in [1.29, 1.82) is 0 Å². The molecule has 0 atom stereocenters. The fraction of sp³-hybridized carbons (Fsp3) is 0.167. The highest BCUT2D eigenvalue weighted by Crippen LogP contribution is 2.26. The van der Waals surface area contributed by atoms with Crippen molar-refractivity contribution in [3.8, 4) is 5.75 Å². The van der Waals surface area contributed by atoms with E-state index in [1.165, 1.54) is 0 Å². The van der Waals surface area contributed by atoms with Gasteiger partial charge in [-0.05, 0) is 48.4 Å². The Bertz CT molecular complexity index is 1040. The second-order valence-corrected chi connectivity index (χ2v) is 8.08. The zero-order valence-electron chi connectivity index (χ0n) is 16.8. The minimum Gasteiger partial charge on any atom is -0.492 e. The molecule has 0 radical (unpaired) electrons. The molecule has 0 aliphatic carbocycles. The summed E-state index contributed by atoms with van der Waals surface area (Å²) in [6, 6.07) is 21.4. The largest absolute Gasteiger partial charge is 0.492 e. The van der Waals surface area contributed by atoms with E-state index in [0.29, 0.717) is 40.8 Å². The smallest absolute Gasteiger partial charge is 0.259 e. The monoisotopic (exact) mass is 466 g/mol. The first-order valence-corrected chi connectivity index (χ1v) is 10.4. The van der Waals surface area contributed by atoms with Crippen LogP contribution in [0.4, 0.5) is 11.4 Å². The number of benzene rings is 3. The molecule has 0 aromatic heterocycles. The molecule has 30 heavy (non-hydrogen) atoms. The summed E-state index contributed by atoms with van der Waals surface area (Å²) in [6.45, 7) is 4.58. The van der Waals surface area contributed by atoms with Crippen LogP contribution < -0.4 is 15.4 Å². The molecular formula is C24H23BrN2O3. The predicted octanol–water partition coefficient (Wildman–Crippen LogP) is 5.99. The molecule has 0 saturated carbocycles. The van der Waals surface area contributed by atoms with Gasteiger partial charge in [-0.3, -0.25) is 9.59 Å². The van der Waals surface area contributed by atoms with Gasteiger partial charge in [-0.15, -0.1) is 0 Å². The van der Waals surface area contributed by atoms with E-state index in [4.69, 9.17) is 4.74 Å². The van der Waals surface area contributed by atoms with Gasteiger partial charge in [0.25, 0.3) is 11.8 Å². The maximum Gasteiger partial charge on any atom is 0.259 e. The lowest BCUT2D eigenvalue weighted by atomic mass is 10.1. The van der Waals surface area contributed by atoms with Gasteiger partial charge in [-0.2, -0.15) is 0 Å². The molecule has 154 valence electrons. The standard InChI is InChI=1S/C24H23BrN2O3/c1-16(2)15-30-22-13-12-17(25)14-20(22)24(29)27-21-11-7-6-10-19(21)23(28)26-18-8-4-3-5-9-18/h3-14,16H,15H2,1-2H3,(H,26,28)(H,27,29). The molecule has 3 rings (SSSR count). The molecule has 0 saturated heterocycles. The van der Waals surface area contributed by atoms with Crippen LogP contribution in [0.3, 0.4) is 0 Å². The number of anilines is 2. The Morgan fingerprint density at radius 2 is 1.53 bits per heavy atom. The van der Waals surface area contributed by atoms with Crippen LogP contribution >= 0.6 is 15.9 Å². The molecule has 2 N–H and O–H groups in total. The van der Waals surface area contributed by atoms with Crippen molar-refractivity contribution >= 4 is 39.1 Å². The highest BCUT2D eigenvalue weighted by molar-refractivity contribution is 9.10. The lowest BCUT2D eigenvalue weighted by Crippen LogP contribution is -2.19. The average Bonchev–Trinajstić information content (AvgIpc) is 2.73. The third-order valence-corrected chi connectivity index (χ3v) is 4.70. The van der Waals surface area contributed by atoms with Gasteiger partial charge in [0.05, 0.1) is 23.4 Å². The number of carbonyl (C=O) groups is 2. The van der Waals surface area contributed by atoms with E-state index < -0.39 is 0 Å². The normalized spacial score (nSPS) is 10.5. The number of rotatable bonds is 7. The zero-order chi connectivity index (χ0) is 21.5. The average molecular weight is 467 g/mol. The summed E-state index contributed by atoms with van der Waals surface area (Å²) in [7, 11) is 0. The summed E-state index contributed by atoms with van der Waals surface area (Å²) in [4.78, 5) is 25.8. The van der Waals surface area contributed by atoms with Crippen molar-refractivity contribution in [2.24, 2.45) is 5.92 Å². The van der Waals surface area contributed by atoms with E-state index in [-0.39, 0.29) is 11.8 Å². The van der Waals surface area contributed by atoms with Crippen LogP contribution in [0.5, 0.6) is 5.75 Å². The van der Waals surface area contributed by atoms with E-state index in [1.54, 1.807) is 48.5 Å². The number of nitrogens with one attached hydrogen (secondary N) is 2. The number of halogens is 1. The van der Waals surface area contributed by atoms with Crippen LogP contribution in [0.2, 0.25) is 0 Å². The van der Waals surface area contributed by atoms with Gasteiger partial charge in [0.1, 0.15) is 5.75 Å². The zero-order valence-corrected chi connectivity index (χ0v) is 18.4. The van der Waals surface area contributed by atoms with Crippen molar-refractivity contribution in [1.82, 2.24) is 0 Å². The maximum atomic E-state index is 13.0. The SMILES string of the molecule is CC(C)COc1ccc(Br)cc1C(=O)Nc1ccccc1C(=O)Nc1ccccc1. The van der Waals surface area contributed by atoms with Crippen molar-refractivity contribution < 1.29 is 14.3 Å². The fourth-order valence-electron chi connectivity index (χ4n) is 2.76. The van der Waals surface area contributed by atoms with Gasteiger partial charge in [-0.1, -0.05) is 60.1 Å². The van der Waals surface area contributed by atoms with Gasteiger partial charge in [-0.25, -0.2) is 0 Å². The quantitative estimate of drug-likeness (QED) is 0.449. The fourth-order valence-corrected chi connectivity index (χ4v) is 3.12. The summed E-state index contributed by atoms with van der Waals surface area (Å²) >= 11 is 3.41. The third-order valence-electron chi connectivity index (χ3n) is 4.21. The molecule has 2 amide bonds. The van der Waals surface area contributed by atoms with Crippen LogP contribution in [0.15, 0.2) is 77.3 Å². The number of para-hydroxylation sites is 2. The summed E-state index contributed by atoms with van der Waals surface area (Å²) in [5, 5.41) is 5.69. The van der Waals surface area contributed by atoms with Gasteiger partial charge in [0, 0.05) is 10.2 Å². The van der Waals surface area contributed by atoms with Crippen LogP contribution in [0.25, 0.3) is 0 Å². The molecule has 0 spiro atoms. The molecule has 3 aromatic carbocycles. The Hall–Kier alpha value is -3.12. The molecule has 0 bridgehead atoms. The Labute approximate surface area is 184 Å². The molecule has 0 aliphatic heterocycles. The van der Waals surface area contributed by atoms with Crippen LogP contribution in [-0.4, -0.2) is 18.4 Å². The third kappa shape index (κ3) is 5.70. The molecule has 0 unspecified atom stereocenters. The van der Waals surface area contributed by atoms with Crippen molar-refractivity contribution in [3.05, 3.63) is 88.4 Å². The summed E-state index contributed by atoms with van der Waals surface area (Å²) in [6.07, 6.45) is 0. The number of hydrogen-bond donors (Lipinski definition) is 2. The molecule has 0 fully saturated rings. The van der Waals surface area contributed by atoms with E-state index in [1.807, 2.05) is 38.1 Å². The van der Waals surface area contributed by atoms with Crippen molar-refractivity contribution in [2.75, 3.05) is 17.2 Å². The van der Waals surface area contributed by atoms with E-state index in [2.05, 4.69) is 26.6 Å². The first-order valence-electron chi connectivity index (χ1n) is 9.63. The minimum atomic E-state index is -0.352. The lowest BCUT2D eigenvalue weighted by Gasteiger charge is -2.15. The van der Waals surface area contributed by atoms with Gasteiger partial charge in [0.2, 0.25) is 0 Å². The van der Waals surface area contributed by atoms with Crippen molar-refractivity contribution in [2.45, 2.75) is 13.8 Å². The second-order valence-electron chi connectivity index (χ2n) is 7.17. The summed E-state index contributed by atoms with van der Waals surface area (Å²) < 4.78 is 6.57. The molecule has 3 aromatic rings. The highest BCUT2D eigenvalue weighted by atomic mass is 79.9. The van der Waals surface area contributed by atoms with Crippen LogP contribution in [0.1, 0.15) is 34.6 Å². The first kappa shape index (κ1) is 21.6. The van der Waals surface area contributed by atoms with Gasteiger partial charge < -0.3 is 15.4 Å². The molecular weight excluding hydrogens is 444 g/mol. The van der Waals surface area contributed by atoms with Crippen LogP contribution in [-0.2, 0) is 0 Å². The predicted molar refractivity (Wildman–Crippen MR) is 123 cm³/mol. The lowest BCUT2D eigenvalue weighted by molar-refractivity contribution is 0.102. The number of hydrogen-bond acceptors (Lipinski definition) is 3. The van der Waals surface area contributed by atoms with E-state index in [0.717, 1.165) is 4.47 Å². The Morgan fingerprint density at radius 1 is 0.867 bits per heavy atom. The molecule has 6 heteroatoms. The second kappa shape index (κ2) is 10.1. The topological polar surface area (TPSA) is 67.4 Å². The maximum absolute atomic E-state index is 13.0. The Balaban J connectivity index is 1.83.